The number of carbonyl (C=O) groups excluding carboxylic acids is 1. The first-order chi connectivity index (χ1) is 12.3. The molecule has 8 heteroatoms. The number of nitrogens with zero attached hydrogens (tertiary/aromatic N) is 1. The Hall–Kier alpha value is -1.53. The van der Waals surface area contributed by atoms with E-state index in [1.54, 1.807) is 30.5 Å². The summed E-state index contributed by atoms with van der Waals surface area (Å²) < 4.78 is -0.908. The molecule has 0 bridgehead atoms. The number of hydrogen-bond donors (Lipinski definition) is 2. The lowest BCUT2D eigenvalue weighted by molar-refractivity contribution is 0.0942. The van der Waals surface area contributed by atoms with Gasteiger partial charge in [0.1, 0.15) is 6.17 Å². The number of nitrogens with one attached hydrogen (secondary N) is 2. The summed E-state index contributed by atoms with van der Waals surface area (Å²) >= 11 is 21.6. The minimum absolute atomic E-state index is 0.366. The van der Waals surface area contributed by atoms with Gasteiger partial charge in [-0.05, 0) is 36.4 Å². The van der Waals surface area contributed by atoms with Gasteiger partial charge in [-0.3, -0.25) is 9.78 Å². The van der Waals surface area contributed by atoms with Gasteiger partial charge < -0.3 is 10.6 Å². The van der Waals surface area contributed by atoms with Crippen molar-refractivity contribution in [3.8, 4) is 0 Å². The van der Waals surface area contributed by atoms with Crippen LogP contribution in [-0.4, -0.2) is 20.8 Å². The van der Waals surface area contributed by atoms with Crippen LogP contribution in [0.15, 0.2) is 65.3 Å². The molecule has 1 amide bonds. The number of benzene rings is 2. The highest BCUT2D eigenvalue weighted by Gasteiger charge is 2.34. The highest BCUT2D eigenvalue weighted by atomic mass is 79.9. The zero-order valence-corrected chi connectivity index (χ0v) is 17.1. The van der Waals surface area contributed by atoms with Crippen molar-refractivity contribution in [3.05, 3.63) is 70.8 Å². The first-order valence-corrected chi connectivity index (χ1v) is 9.51. The monoisotopic (exact) mass is 471 g/mol. The second kappa shape index (κ2) is 8.01. The molecule has 1 aromatic heterocycles. The molecule has 3 aromatic rings. The zero-order chi connectivity index (χ0) is 18.7. The Kier molecular flexibility index (Phi) is 5.92. The third-order valence-electron chi connectivity index (χ3n) is 3.64. The lowest BCUT2D eigenvalue weighted by Crippen LogP contribution is -2.49. The summed E-state index contributed by atoms with van der Waals surface area (Å²) in [6.07, 6.45) is 0.717. The Labute approximate surface area is 174 Å². The van der Waals surface area contributed by atoms with Gasteiger partial charge in [0.15, 0.2) is 0 Å². The van der Waals surface area contributed by atoms with Crippen molar-refractivity contribution in [2.45, 2.75) is 9.96 Å². The first kappa shape index (κ1) is 19.2. The van der Waals surface area contributed by atoms with Gasteiger partial charge in [0.2, 0.25) is 3.79 Å². The van der Waals surface area contributed by atoms with Crippen LogP contribution in [0.4, 0.5) is 5.69 Å². The van der Waals surface area contributed by atoms with Crippen LogP contribution in [0, 0.1) is 0 Å². The molecule has 26 heavy (non-hydrogen) atoms. The lowest BCUT2D eigenvalue weighted by Gasteiger charge is -2.27. The molecule has 3 rings (SSSR count). The fraction of sp³-hybridized carbons (Fsp3) is 0.111. The maximum atomic E-state index is 12.5. The van der Waals surface area contributed by atoms with Crippen LogP contribution in [0.2, 0.25) is 0 Å². The Morgan fingerprint density at radius 1 is 1.04 bits per heavy atom. The molecule has 2 aromatic carbocycles. The third kappa shape index (κ3) is 4.60. The van der Waals surface area contributed by atoms with E-state index in [0.717, 1.165) is 9.86 Å². The Bertz CT molecular complexity index is 924. The van der Waals surface area contributed by atoms with Gasteiger partial charge in [-0.15, -0.1) is 0 Å². The SMILES string of the molecule is O=C(NC(Nc1cccc2cccnc12)C(Cl)(Cl)Cl)c1ccc(Br)cc1. The second-order valence-corrected chi connectivity index (χ2v) is 8.76. The molecule has 134 valence electrons. The fourth-order valence-electron chi connectivity index (χ4n) is 2.39. The van der Waals surface area contributed by atoms with Crippen molar-refractivity contribution in [1.29, 1.82) is 0 Å². The normalized spacial score (nSPS) is 12.6. The minimum Gasteiger partial charge on any atom is -0.360 e. The standard InChI is InChI=1S/C18H13BrCl3N3O/c19-13-8-6-12(7-9-13)16(26)25-17(18(20,21)22)24-14-5-1-3-11-4-2-10-23-15(11)14/h1-10,17,24H,(H,25,26). The maximum absolute atomic E-state index is 12.5. The zero-order valence-electron chi connectivity index (χ0n) is 13.2. The van der Waals surface area contributed by atoms with Crippen LogP contribution < -0.4 is 10.6 Å². The van der Waals surface area contributed by atoms with Crippen molar-refractivity contribution in [1.82, 2.24) is 10.3 Å². The first-order valence-electron chi connectivity index (χ1n) is 7.58. The number of amides is 1. The van der Waals surface area contributed by atoms with E-state index in [1.165, 1.54) is 0 Å². The smallest absolute Gasteiger partial charge is 0.252 e. The third-order valence-corrected chi connectivity index (χ3v) is 4.83. The van der Waals surface area contributed by atoms with Crippen molar-refractivity contribution >= 4 is 73.2 Å². The van der Waals surface area contributed by atoms with E-state index < -0.39 is 9.96 Å². The van der Waals surface area contributed by atoms with E-state index in [-0.39, 0.29) is 5.91 Å². The number of aromatic nitrogens is 1. The minimum atomic E-state index is -1.78. The van der Waals surface area contributed by atoms with Crippen LogP contribution >= 0.6 is 50.7 Å². The number of alkyl halides is 3. The van der Waals surface area contributed by atoms with Crippen molar-refractivity contribution in [2.24, 2.45) is 0 Å². The van der Waals surface area contributed by atoms with Gasteiger partial charge in [0.25, 0.3) is 5.91 Å². The number of anilines is 1. The number of pyridine rings is 1. The summed E-state index contributed by atoms with van der Waals surface area (Å²) in [6, 6.07) is 16.2. The molecule has 2 N–H and O–H groups in total. The Morgan fingerprint density at radius 2 is 1.73 bits per heavy atom. The van der Waals surface area contributed by atoms with E-state index in [9.17, 15) is 4.79 Å². The van der Waals surface area contributed by atoms with Gasteiger partial charge >= 0.3 is 0 Å². The van der Waals surface area contributed by atoms with Gasteiger partial charge in [-0.1, -0.05) is 68.9 Å². The molecule has 0 aliphatic heterocycles. The van der Waals surface area contributed by atoms with E-state index in [2.05, 4.69) is 31.5 Å². The summed E-state index contributed by atoms with van der Waals surface area (Å²) in [7, 11) is 0. The molecule has 0 radical (unpaired) electrons. The molecule has 4 nitrogen and oxygen atoms in total. The number of halogens is 4. The van der Waals surface area contributed by atoms with Gasteiger partial charge in [0, 0.05) is 21.6 Å². The fourth-order valence-corrected chi connectivity index (χ4v) is 2.98. The van der Waals surface area contributed by atoms with Crippen molar-refractivity contribution < 1.29 is 4.79 Å². The van der Waals surface area contributed by atoms with Gasteiger partial charge in [-0.2, -0.15) is 0 Å². The van der Waals surface area contributed by atoms with Crippen LogP contribution in [0.3, 0.4) is 0 Å². The molecule has 1 unspecified atom stereocenters. The predicted molar refractivity (Wildman–Crippen MR) is 111 cm³/mol. The molecule has 0 aliphatic rings. The highest BCUT2D eigenvalue weighted by molar-refractivity contribution is 9.10. The Balaban J connectivity index is 1.87. The summed E-state index contributed by atoms with van der Waals surface area (Å²) in [6.45, 7) is 0. The van der Waals surface area contributed by atoms with Crippen LogP contribution in [-0.2, 0) is 0 Å². The van der Waals surface area contributed by atoms with Crippen LogP contribution in [0.5, 0.6) is 0 Å². The predicted octanol–water partition coefficient (Wildman–Crippen LogP) is 5.54. The van der Waals surface area contributed by atoms with Gasteiger partial charge in [0.05, 0.1) is 11.2 Å². The maximum Gasteiger partial charge on any atom is 0.252 e. The largest absolute Gasteiger partial charge is 0.360 e. The molecule has 0 spiro atoms. The average molecular weight is 474 g/mol. The molecule has 0 saturated carbocycles. The highest BCUT2D eigenvalue weighted by Crippen LogP contribution is 2.32. The van der Waals surface area contributed by atoms with Crippen molar-refractivity contribution in [2.75, 3.05) is 5.32 Å². The average Bonchev–Trinajstić information content (AvgIpc) is 2.61. The quantitative estimate of drug-likeness (QED) is 0.387. The van der Waals surface area contributed by atoms with Crippen LogP contribution in [0.1, 0.15) is 10.4 Å². The lowest BCUT2D eigenvalue weighted by atomic mass is 10.2. The summed E-state index contributed by atoms with van der Waals surface area (Å²) in [5.74, 6) is -0.366. The molecule has 0 aliphatic carbocycles. The van der Waals surface area contributed by atoms with E-state index in [1.807, 2.05) is 30.3 Å². The topological polar surface area (TPSA) is 54.0 Å². The van der Waals surface area contributed by atoms with E-state index in [4.69, 9.17) is 34.8 Å². The summed E-state index contributed by atoms with van der Waals surface area (Å²) in [5.41, 5.74) is 1.81. The number of hydrogen-bond acceptors (Lipinski definition) is 3. The van der Waals surface area contributed by atoms with E-state index in [0.29, 0.717) is 16.8 Å². The number of rotatable bonds is 4. The molecular weight excluding hydrogens is 460 g/mol. The number of para-hydroxylation sites is 1. The Morgan fingerprint density at radius 3 is 2.42 bits per heavy atom. The molecule has 0 fully saturated rings. The van der Waals surface area contributed by atoms with Crippen LogP contribution in [0.25, 0.3) is 10.9 Å². The molecule has 1 atom stereocenters. The number of carbonyl (C=O) groups is 1. The molecule has 0 saturated heterocycles. The summed E-state index contributed by atoms with van der Waals surface area (Å²) in [5, 5.41) is 6.72. The van der Waals surface area contributed by atoms with E-state index >= 15 is 0 Å². The molecule has 1 heterocycles. The van der Waals surface area contributed by atoms with Gasteiger partial charge in [-0.25, -0.2) is 0 Å². The summed E-state index contributed by atoms with van der Waals surface area (Å²) in [4.78, 5) is 16.9. The molecular formula is C18H13BrCl3N3O. The number of fused-ring (bicyclic) bond motifs is 1. The second-order valence-electron chi connectivity index (χ2n) is 5.48. The van der Waals surface area contributed by atoms with Crippen molar-refractivity contribution in [3.63, 3.8) is 0 Å².